The lowest BCUT2D eigenvalue weighted by atomic mass is 10.3. The third-order valence-electron chi connectivity index (χ3n) is 5.70. The van der Waals surface area contributed by atoms with E-state index in [1.165, 1.54) is 0 Å². The number of hydrogen-bond donors (Lipinski definition) is 3. The first-order valence-corrected chi connectivity index (χ1v) is 10.8. The molecular formula is C20H37N5O4. The third kappa shape index (κ3) is 9.56. The summed E-state index contributed by atoms with van der Waals surface area (Å²) in [5, 5.41) is 14.2. The molecular weight excluding hydrogens is 388 g/mol. The van der Waals surface area contributed by atoms with Gasteiger partial charge in [-0.1, -0.05) is 0 Å². The molecule has 1 unspecified atom stereocenters. The van der Waals surface area contributed by atoms with Crippen LogP contribution in [0.3, 0.4) is 0 Å². The van der Waals surface area contributed by atoms with E-state index in [0.29, 0.717) is 44.9 Å². The average Bonchev–Trinajstić information content (AvgIpc) is 3.10. The van der Waals surface area contributed by atoms with Crippen LogP contribution in [0.1, 0.15) is 38.5 Å². The minimum Gasteiger partial charge on any atom is -0.481 e. The molecule has 2 aliphatic heterocycles. The first-order valence-electron chi connectivity index (χ1n) is 10.8. The second-order valence-corrected chi connectivity index (χ2v) is 8.17. The van der Waals surface area contributed by atoms with Crippen LogP contribution >= 0.6 is 0 Å². The summed E-state index contributed by atoms with van der Waals surface area (Å²) in [6.07, 6.45) is 3.71. The summed E-state index contributed by atoms with van der Waals surface area (Å²) in [5.74, 6) is -0.931. The van der Waals surface area contributed by atoms with Crippen molar-refractivity contribution in [1.29, 1.82) is 0 Å². The van der Waals surface area contributed by atoms with E-state index in [1.807, 2.05) is 0 Å². The Labute approximate surface area is 173 Å². The van der Waals surface area contributed by atoms with E-state index in [0.717, 1.165) is 52.1 Å². The molecule has 2 aliphatic rings. The minimum atomic E-state index is -0.856. The number of carbonyl (C=O) groups is 3. The summed E-state index contributed by atoms with van der Waals surface area (Å²) >= 11 is 0. The van der Waals surface area contributed by atoms with Crippen molar-refractivity contribution in [1.82, 2.24) is 25.3 Å². The van der Waals surface area contributed by atoms with Gasteiger partial charge in [-0.25, -0.2) is 0 Å². The number of carbonyl (C=O) groups excluding carboxylic acids is 2. The molecule has 9 nitrogen and oxygen atoms in total. The number of carboxylic acids is 1. The Kier molecular flexibility index (Phi) is 10.4. The van der Waals surface area contributed by atoms with E-state index >= 15 is 0 Å². The lowest BCUT2D eigenvalue weighted by molar-refractivity contribution is -0.137. The Hall–Kier alpha value is -1.71. The number of nitrogens with one attached hydrogen (secondary N) is 2. The topological polar surface area (TPSA) is 105 Å². The van der Waals surface area contributed by atoms with E-state index in [9.17, 15) is 14.4 Å². The van der Waals surface area contributed by atoms with Gasteiger partial charge in [0.15, 0.2) is 0 Å². The van der Waals surface area contributed by atoms with Crippen LogP contribution in [-0.2, 0) is 14.4 Å². The second kappa shape index (κ2) is 12.8. The molecule has 2 amide bonds. The molecule has 1 atom stereocenters. The standard InChI is InChI=1S/C20H37N5O4/c1-23-11-13-24(14-12-23)15-17-5-4-10-25(17)16-19(27)22-8-2-6-18(26)21-9-3-7-20(28)29/h17H,2-16H2,1H3,(H,21,26)(H,22,27)(H,28,29)/i1+1,4+1,5+1,10+1,11+1,12+1,13+1,14+1,15+1,16+1,17+1,19+1,21+1,22+1. The predicted molar refractivity (Wildman–Crippen MR) is 111 cm³/mol. The average molecular weight is 425 g/mol. The molecule has 0 bridgehead atoms. The van der Waals surface area contributed by atoms with Gasteiger partial charge in [0.1, 0.15) is 0 Å². The van der Waals surface area contributed by atoms with Gasteiger partial charge in [0.2, 0.25) is 11.8 Å². The van der Waals surface area contributed by atoms with Gasteiger partial charge < -0.3 is 20.6 Å². The molecule has 9 heteroatoms. The number of aliphatic carboxylic acids is 1. The number of likely N-dealkylation sites (tertiary alicyclic amines) is 1. The highest BCUT2D eigenvalue weighted by molar-refractivity contribution is 5.78. The van der Waals surface area contributed by atoms with Crippen LogP contribution in [-0.4, -0.2) is 110 Å². The quantitative estimate of drug-likeness (QED) is 0.222. The number of piperazine rings is 1. The SMILES string of the molecule is [13CH3]N1[13CH2][13CH2]N([13CH2][13CH]2[13CH2][13CH2][13CH2]N2[13CH2][13C](=O)[15NH]CCCC(=O)[15NH]CCCC(=O)O)[13CH2][13CH2]1. The van der Waals surface area contributed by atoms with Gasteiger partial charge in [0.25, 0.3) is 0 Å². The van der Waals surface area contributed by atoms with E-state index < -0.39 is 5.97 Å². The summed E-state index contributed by atoms with van der Waals surface area (Å²) in [6, 6.07) is 0.459. The summed E-state index contributed by atoms with van der Waals surface area (Å²) < 4.78 is 0. The first-order chi connectivity index (χ1) is 13.9. The third-order valence-corrected chi connectivity index (χ3v) is 5.70. The Morgan fingerprint density at radius 2 is 1.59 bits per heavy atom. The van der Waals surface area contributed by atoms with Crippen molar-refractivity contribution in [2.75, 3.05) is 66.0 Å². The second-order valence-electron chi connectivity index (χ2n) is 8.17. The van der Waals surface area contributed by atoms with Crippen LogP contribution in [0.25, 0.3) is 0 Å². The number of amides is 2. The van der Waals surface area contributed by atoms with Gasteiger partial charge in [-0.05, 0) is 39.3 Å². The molecule has 0 aromatic carbocycles. The van der Waals surface area contributed by atoms with Gasteiger partial charge in [-0.3, -0.25) is 24.2 Å². The van der Waals surface area contributed by atoms with Crippen LogP contribution < -0.4 is 10.6 Å². The van der Waals surface area contributed by atoms with Crippen LogP contribution in [0.4, 0.5) is 0 Å². The van der Waals surface area contributed by atoms with E-state index in [1.54, 1.807) is 0 Å². The van der Waals surface area contributed by atoms with Crippen molar-refractivity contribution >= 4 is 17.8 Å². The van der Waals surface area contributed by atoms with Crippen molar-refractivity contribution < 1.29 is 19.5 Å². The lowest BCUT2D eigenvalue weighted by Crippen LogP contribution is -2.50. The van der Waals surface area contributed by atoms with E-state index in [2.05, 4.69) is 32.4 Å². The van der Waals surface area contributed by atoms with Crippen LogP contribution in [0.15, 0.2) is 0 Å². The summed E-state index contributed by atoms with van der Waals surface area (Å²) in [6.45, 7) is 7.74. The molecule has 0 spiro atoms. The van der Waals surface area contributed by atoms with E-state index in [-0.39, 0.29) is 18.2 Å². The Morgan fingerprint density at radius 3 is 2.28 bits per heavy atom. The molecule has 2 heterocycles. The molecule has 29 heavy (non-hydrogen) atoms. The zero-order chi connectivity index (χ0) is 21.1. The first kappa shape index (κ1) is 23.6. The molecule has 166 valence electrons. The summed E-state index contributed by atoms with van der Waals surface area (Å²) in [7, 11) is 2.16. The lowest BCUT2D eigenvalue weighted by Gasteiger charge is -2.36. The van der Waals surface area contributed by atoms with Gasteiger partial charge >= 0.3 is 5.97 Å². The molecule has 0 radical (unpaired) electrons. The van der Waals surface area contributed by atoms with Crippen LogP contribution in [0.2, 0.25) is 0 Å². The van der Waals surface area contributed by atoms with Crippen molar-refractivity contribution in [2.24, 2.45) is 0 Å². The minimum absolute atomic E-state index is 0.0251. The fourth-order valence-corrected chi connectivity index (χ4v) is 3.91. The molecule has 0 aromatic heterocycles. The fraction of sp³-hybridized carbons (Fsp3) is 0.850. The van der Waals surface area contributed by atoms with E-state index in [4.69, 9.17) is 5.11 Å². The smallest absolute Gasteiger partial charge is 0.303 e. The largest absolute Gasteiger partial charge is 0.481 e. The monoisotopic (exact) mass is 425 g/mol. The Balaban J connectivity index is 1.55. The highest BCUT2D eigenvalue weighted by Crippen LogP contribution is 2.18. The van der Waals surface area contributed by atoms with Crippen LogP contribution in [0.5, 0.6) is 0 Å². The van der Waals surface area contributed by atoms with Gasteiger partial charge in [0.05, 0.1) is 6.54 Å². The Bertz CT molecular complexity index is 537. The molecule has 2 rings (SSSR count). The zero-order valence-corrected chi connectivity index (χ0v) is 17.7. The molecule has 0 aliphatic carbocycles. The number of rotatable bonds is 12. The van der Waals surface area contributed by atoms with Crippen molar-refractivity contribution in [3.63, 3.8) is 0 Å². The van der Waals surface area contributed by atoms with Gasteiger partial charge in [-0.15, -0.1) is 0 Å². The highest BCUT2D eigenvalue weighted by atomic mass is 16.4. The maximum absolute atomic E-state index is 12.3. The molecule has 3 N–H and O–H groups in total. The van der Waals surface area contributed by atoms with Crippen molar-refractivity contribution in [3.05, 3.63) is 0 Å². The van der Waals surface area contributed by atoms with Gasteiger partial charge in [-0.2, -0.15) is 0 Å². The zero-order valence-electron chi connectivity index (χ0n) is 17.7. The maximum Gasteiger partial charge on any atom is 0.303 e. The highest BCUT2D eigenvalue weighted by Gasteiger charge is 2.28. The van der Waals surface area contributed by atoms with Gasteiger partial charge in [0, 0.05) is 64.7 Å². The fourth-order valence-electron chi connectivity index (χ4n) is 3.91. The number of likely N-dealkylation sites (N-methyl/N-ethyl adjacent to an activating group) is 1. The molecule has 2 fully saturated rings. The predicted octanol–water partition coefficient (Wildman–Crippen LogP) is -0.424. The maximum atomic E-state index is 12.3. The summed E-state index contributed by atoms with van der Waals surface area (Å²) in [4.78, 5) is 41.5. The molecule has 2 saturated heterocycles. The van der Waals surface area contributed by atoms with Crippen molar-refractivity contribution in [3.8, 4) is 0 Å². The number of nitrogens with zero attached hydrogens (tertiary/aromatic N) is 3. The molecule has 0 saturated carbocycles. The number of carboxylic acid groups (broad SMARTS) is 1. The normalized spacial score (nSPS) is 21.2. The Morgan fingerprint density at radius 1 is 0.931 bits per heavy atom. The van der Waals surface area contributed by atoms with Crippen molar-refractivity contribution in [2.45, 2.75) is 44.6 Å². The van der Waals surface area contributed by atoms with Crippen LogP contribution in [0, 0.1) is 0 Å². The molecule has 0 aromatic rings. The number of hydrogen-bond acceptors (Lipinski definition) is 6. The summed E-state index contributed by atoms with van der Waals surface area (Å²) in [5.41, 5.74) is 0.